The van der Waals surface area contributed by atoms with Crippen LogP contribution in [-0.2, 0) is 9.53 Å². The largest absolute Gasteiger partial charge is 0.489 e. The molecule has 1 aromatic carbocycles. The van der Waals surface area contributed by atoms with Crippen LogP contribution in [0.2, 0.25) is 0 Å². The fraction of sp³-hybridized carbons (Fsp3) is 0.368. The third kappa shape index (κ3) is 3.95. The molecule has 0 amide bonds. The Bertz CT molecular complexity index is 898. The van der Waals surface area contributed by atoms with Gasteiger partial charge in [0.25, 0.3) is 0 Å². The molecule has 7 nitrogen and oxygen atoms in total. The van der Waals surface area contributed by atoms with E-state index in [1.54, 1.807) is 24.3 Å². The summed E-state index contributed by atoms with van der Waals surface area (Å²) in [6, 6.07) is 8.29. The highest BCUT2D eigenvalue weighted by Crippen LogP contribution is 2.29. The van der Waals surface area contributed by atoms with Crippen molar-refractivity contribution in [1.82, 2.24) is 0 Å². The van der Waals surface area contributed by atoms with Gasteiger partial charge in [0, 0.05) is 30.4 Å². The van der Waals surface area contributed by atoms with Crippen LogP contribution in [0.15, 0.2) is 51.2 Å². The number of hydrogen-bond acceptors (Lipinski definition) is 7. The monoisotopic (exact) mass is 360 g/mol. The molecule has 1 aromatic heterocycles. The number of cyclic esters (lactones) is 1. The van der Waals surface area contributed by atoms with Gasteiger partial charge < -0.3 is 24.1 Å². The number of rotatable bonds is 6. The van der Waals surface area contributed by atoms with Crippen LogP contribution in [0.25, 0.3) is 11.0 Å². The van der Waals surface area contributed by atoms with Crippen LogP contribution in [0.1, 0.15) is 19.8 Å². The molecule has 1 aliphatic heterocycles. The maximum absolute atomic E-state index is 11.5. The Morgan fingerprint density at radius 3 is 2.85 bits per heavy atom. The smallest absolute Gasteiger partial charge is 0.341 e. The van der Waals surface area contributed by atoms with Crippen molar-refractivity contribution in [2.45, 2.75) is 31.5 Å². The van der Waals surface area contributed by atoms with E-state index in [2.05, 4.69) is 0 Å². The summed E-state index contributed by atoms with van der Waals surface area (Å²) < 4.78 is 15.8. The Morgan fingerprint density at radius 1 is 1.35 bits per heavy atom. The number of aliphatic hydroxyl groups excluding tert-OH is 1. The van der Waals surface area contributed by atoms with E-state index in [0.717, 1.165) is 11.0 Å². The molecule has 2 heterocycles. The number of fused-ring (bicyclic) bond motifs is 1. The molecule has 3 rings (SSSR count). The van der Waals surface area contributed by atoms with Gasteiger partial charge in [-0.05, 0) is 31.2 Å². The van der Waals surface area contributed by atoms with Crippen LogP contribution in [0, 0.1) is 0 Å². The van der Waals surface area contributed by atoms with Gasteiger partial charge in [0.2, 0.25) is 0 Å². The molecule has 7 heteroatoms. The van der Waals surface area contributed by atoms with E-state index in [1.807, 2.05) is 13.0 Å². The molecule has 1 aliphatic rings. The van der Waals surface area contributed by atoms with Gasteiger partial charge in [-0.15, -0.1) is 0 Å². The van der Waals surface area contributed by atoms with Crippen LogP contribution in [-0.4, -0.2) is 41.1 Å². The van der Waals surface area contributed by atoms with Gasteiger partial charge in [-0.25, -0.2) is 9.59 Å². The van der Waals surface area contributed by atoms with Crippen LogP contribution in [0.4, 0.5) is 0 Å². The fourth-order valence-electron chi connectivity index (χ4n) is 2.86. The summed E-state index contributed by atoms with van der Waals surface area (Å²) >= 11 is 0. The van der Waals surface area contributed by atoms with Gasteiger partial charge in [0.15, 0.2) is 5.60 Å². The number of benzene rings is 1. The highest BCUT2D eigenvalue weighted by Gasteiger charge is 2.47. The first-order valence-corrected chi connectivity index (χ1v) is 8.26. The molecule has 0 spiro atoms. The molecular formula is C19H20O7. The van der Waals surface area contributed by atoms with Crippen molar-refractivity contribution in [1.29, 1.82) is 0 Å². The van der Waals surface area contributed by atoms with Gasteiger partial charge in [-0.1, -0.05) is 5.57 Å². The zero-order valence-electron chi connectivity index (χ0n) is 14.3. The summed E-state index contributed by atoms with van der Waals surface area (Å²) in [6.07, 6.45) is 1.89. The maximum Gasteiger partial charge on any atom is 0.341 e. The Hall–Kier alpha value is -2.64. The molecule has 0 unspecified atom stereocenters. The average Bonchev–Trinajstić information content (AvgIpc) is 2.88. The second-order valence-electron chi connectivity index (χ2n) is 6.44. The lowest BCUT2D eigenvalue weighted by molar-refractivity contribution is -0.157. The average molecular weight is 360 g/mol. The SMILES string of the molecule is C/C(=C\COc1ccc2ccc(=O)oc2c1)C[C@@H]1C[C@@](O)(CO)C(=O)O1. The van der Waals surface area contributed by atoms with Crippen molar-refractivity contribution in [3.8, 4) is 5.75 Å². The summed E-state index contributed by atoms with van der Waals surface area (Å²) in [5.74, 6) is -0.218. The Kier molecular flexibility index (Phi) is 5.11. The Balaban J connectivity index is 1.57. The van der Waals surface area contributed by atoms with Gasteiger partial charge >= 0.3 is 11.6 Å². The van der Waals surface area contributed by atoms with Crippen molar-refractivity contribution in [2.75, 3.05) is 13.2 Å². The van der Waals surface area contributed by atoms with Crippen LogP contribution in [0.5, 0.6) is 5.75 Å². The summed E-state index contributed by atoms with van der Waals surface area (Å²) in [4.78, 5) is 22.8. The second kappa shape index (κ2) is 7.31. The Morgan fingerprint density at radius 2 is 2.12 bits per heavy atom. The number of ether oxygens (including phenoxy) is 2. The van der Waals surface area contributed by atoms with Crippen molar-refractivity contribution in [3.05, 3.63) is 52.4 Å². The fourth-order valence-corrected chi connectivity index (χ4v) is 2.86. The van der Waals surface area contributed by atoms with Crippen molar-refractivity contribution < 1.29 is 28.9 Å². The van der Waals surface area contributed by atoms with Gasteiger partial charge in [-0.3, -0.25) is 0 Å². The first kappa shape index (κ1) is 18.2. The molecule has 138 valence electrons. The van der Waals surface area contributed by atoms with Crippen molar-refractivity contribution >= 4 is 16.9 Å². The van der Waals surface area contributed by atoms with Gasteiger partial charge in [-0.2, -0.15) is 0 Å². The van der Waals surface area contributed by atoms with E-state index in [0.29, 0.717) is 24.4 Å². The molecule has 0 radical (unpaired) electrons. The van der Waals surface area contributed by atoms with Crippen LogP contribution in [0.3, 0.4) is 0 Å². The van der Waals surface area contributed by atoms with E-state index < -0.39 is 29.9 Å². The van der Waals surface area contributed by atoms with Gasteiger partial charge in [0.1, 0.15) is 24.0 Å². The minimum atomic E-state index is -1.80. The number of carbonyl (C=O) groups excluding carboxylic acids is 1. The molecule has 0 aliphatic carbocycles. The van der Waals surface area contributed by atoms with E-state index in [-0.39, 0.29) is 6.42 Å². The molecule has 26 heavy (non-hydrogen) atoms. The number of esters is 1. The van der Waals surface area contributed by atoms with E-state index >= 15 is 0 Å². The van der Waals surface area contributed by atoms with Crippen molar-refractivity contribution in [3.63, 3.8) is 0 Å². The second-order valence-corrected chi connectivity index (χ2v) is 6.44. The quantitative estimate of drug-likeness (QED) is 0.457. The first-order valence-electron chi connectivity index (χ1n) is 8.26. The normalized spacial score (nSPS) is 23.3. The van der Waals surface area contributed by atoms with E-state index in [4.69, 9.17) is 19.0 Å². The topological polar surface area (TPSA) is 106 Å². The zero-order chi connectivity index (χ0) is 18.7. The summed E-state index contributed by atoms with van der Waals surface area (Å²) in [7, 11) is 0. The molecule has 0 bridgehead atoms. The third-order valence-corrected chi connectivity index (χ3v) is 4.31. The van der Waals surface area contributed by atoms with E-state index in [1.165, 1.54) is 6.07 Å². The minimum absolute atomic E-state index is 0.0675. The lowest BCUT2D eigenvalue weighted by atomic mass is 9.97. The standard InChI is InChI=1S/C19H20O7/c1-12(8-15-10-19(23,11-20)18(22)25-15)6-7-24-14-4-2-13-3-5-17(21)26-16(13)9-14/h2-6,9,15,20,23H,7-8,10-11H2,1H3/b12-6+/t15-,19-/m1/s1. The summed E-state index contributed by atoms with van der Waals surface area (Å²) in [6.45, 7) is 1.51. The number of aliphatic hydroxyl groups is 2. The molecule has 2 atom stereocenters. The maximum atomic E-state index is 11.5. The highest BCUT2D eigenvalue weighted by atomic mass is 16.6. The Labute approximate surface area is 149 Å². The minimum Gasteiger partial charge on any atom is -0.489 e. The highest BCUT2D eigenvalue weighted by molar-refractivity contribution is 5.81. The predicted molar refractivity (Wildman–Crippen MR) is 92.9 cm³/mol. The number of carbonyl (C=O) groups is 1. The lowest BCUT2D eigenvalue weighted by Gasteiger charge is -2.13. The first-order chi connectivity index (χ1) is 12.4. The predicted octanol–water partition coefficient (Wildman–Crippen LogP) is 1.55. The molecular weight excluding hydrogens is 340 g/mol. The van der Waals surface area contributed by atoms with Gasteiger partial charge in [0.05, 0.1) is 6.61 Å². The van der Waals surface area contributed by atoms with E-state index in [9.17, 15) is 14.7 Å². The van der Waals surface area contributed by atoms with Crippen LogP contribution >= 0.6 is 0 Å². The molecule has 1 fully saturated rings. The molecule has 2 N–H and O–H groups in total. The van der Waals surface area contributed by atoms with Crippen LogP contribution < -0.4 is 10.4 Å². The molecule has 2 aromatic rings. The molecule has 1 saturated heterocycles. The third-order valence-electron chi connectivity index (χ3n) is 4.31. The van der Waals surface area contributed by atoms with Crippen molar-refractivity contribution in [2.24, 2.45) is 0 Å². The summed E-state index contributed by atoms with van der Waals surface area (Å²) in [5, 5.41) is 19.8. The zero-order valence-corrected chi connectivity index (χ0v) is 14.3. The lowest BCUT2D eigenvalue weighted by Crippen LogP contribution is -2.38. The summed E-state index contributed by atoms with van der Waals surface area (Å²) in [5.41, 5.74) is -0.829. The number of hydrogen-bond donors (Lipinski definition) is 2. The molecule has 0 saturated carbocycles.